The van der Waals surface area contributed by atoms with Crippen LogP contribution in [0.25, 0.3) is 0 Å². The van der Waals surface area contributed by atoms with Gasteiger partial charge in [0.1, 0.15) is 0 Å². The van der Waals surface area contributed by atoms with Crippen molar-refractivity contribution in [3.8, 4) is 0 Å². The standard InChI is InChI=1S/C18H24N2O3S2/c1-5-13(4)17(21)19-18-20(14-7-11(2)6-12(3)8-14)15-9-25(22,23)10-16(15)24-18/h6-8,13,15-16H,5,9-10H2,1-4H3/t13-,15+,16+/m1/s1. The number of aliphatic imine (C=N–C) groups is 1. The highest BCUT2D eigenvalue weighted by atomic mass is 32.2. The van der Waals surface area contributed by atoms with Gasteiger partial charge in [0.25, 0.3) is 5.91 Å². The van der Waals surface area contributed by atoms with Gasteiger partial charge < -0.3 is 4.90 Å². The molecular weight excluding hydrogens is 356 g/mol. The van der Waals surface area contributed by atoms with E-state index in [1.165, 1.54) is 11.8 Å². The van der Waals surface area contributed by atoms with Crippen molar-refractivity contribution in [3.63, 3.8) is 0 Å². The molecule has 25 heavy (non-hydrogen) atoms. The Labute approximate surface area is 153 Å². The number of hydrogen-bond acceptors (Lipinski definition) is 4. The number of thioether (sulfide) groups is 1. The van der Waals surface area contributed by atoms with Crippen molar-refractivity contribution in [2.45, 2.75) is 45.4 Å². The zero-order valence-electron chi connectivity index (χ0n) is 15.0. The molecule has 2 heterocycles. The zero-order valence-corrected chi connectivity index (χ0v) is 16.7. The van der Waals surface area contributed by atoms with Crippen molar-refractivity contribution in [3.05, 3.63) is 29.3 Å². The second-order valence-electron chi connectivity index (χ2n) is 7.06. The van der Waals surface area contributed by atoms with Crippen LogP contribution in [-0.4, -0.2) is 42.3 Å². The molecule has 1 aromatic rings. The van der Waals surface area contributed by atoms with Crippen LogP contribution in [-0.2, 0) is 14.6 Å². The first-order valence-corrected chi connectivity index (χ1v) is 11.3. The van der Waals surface area contributed by atoms with Crippen LogP contribution in [0.15, 0.2) is 23.2 Å². The minimum Gasteiger partial charge on any atom is -0.316 e. The van der Waals surface area contributed by atoms with Crippen LogP contribution in [0.5, 0.6) is 0 Å². The van der Waals surface area contributed by atoms with Gasteiger partial charge in [0, 0.05) is 16.9 Å². The van der Waals surface area contributed by atoms with Gasteiger partial charge in [-0.15, -0.1) is 0 Å². The molecule has 5 nitrogen and oxygen atoms in total. The predicted octanol–water partition coefficient (Wildman–Crippen LogP) is 2.95. The molecule has 136 valence electrons. The molecule has 0 aliphatic carbocycles. The Morgan fingerprint density at radius 3 is 2.52 bits per heavy atom. The number of anilines is 1. The lowest BCUT2D eigenvalue weighted by Crippen LogP contribution is -2.38. The number of hydrogen-bond donors (Lipinski definition) is 0. The summed E-state index contributed by atoms with van der Waals surface area (Å²) in [6, 6.07) is 5.99. The van der Waals surface area contributed by atoms with Crippen molar-refractivity contribution in [1.29, 1.82) is 0 Å². The molecule has 0 spiro atoms. The summed E-state index contributed by atoms with van der Waals surface area (Å²) in [7, 11) is -3.04. The Bertz CT molecular complexity index is 812. The number of carbonyl (C=O) groups excluding carboxylic acids is 1. The van der Waals surface area contributed by atoms with Crippen LogP contribution in [0.4, 0.5) is 5.69 Å². The second kappa shape index (κ2) is 6.76. The summed E-state index contributed by atoms with van der Waals surface area (Å²) in [5.41, 5.74) is 3.14. The maximum absolute atomic E-state index is 12.3. The maximum Gasteiger partial charge on any atom is 0.250 e. The molecule has 0 bridgehead atoms. The van der Waals surface area contributed by atoms with E-state index in [1.54, 1.807) is 0 Å². The summed E-state index contributed by atoms with van der Waals surface area (Å²) in [6.45, 7) is 7.87. The second-order valence-corrected chi connectivity index (χ2v) is 10.4. The number of sulfone groups is 1. The number of rotatable bonds is 3. The fourth-order valence-electron chi connectivity index (χ4n) is 3.34. The molecule has 3 atom stereocenters. The number of nitrogens with zero attached hydrogens (tertiary/aromatic N) is 2. The Morgan fingerprint density at radius 2 is 1.92 bits per heavy atom. The van der Waals surface area contributed by atoms with E-state index in [-0.39, 0.29) is 34.6 Å². The van der Waals surface area contributed by atoms with Gasteiger partial charge in [0.15, 0.2) is 15.0 Å². The molecule has 0 unspecified atom stereocenters. The average molecular weight is 381 g/mol. The molecule has 2 fully saturated rings. The van der Waals surface area contributed by atoms with Crippen molar-refractivity contribution in [1.82, 2.24) is 0 Å². The van der Waals surface area contributed by atoms with Crippen molar-refractivity contribution in [2.75, 3.05) is 16.4 Å². The average Bonchev–Trinajstić information content (AvgIpc) is 2.95. The minimum absolute atomic E-state index is 0.0608. The first-order valence-electron chi connectivity index (χ1n) is 8.57. The van der Waals surface area contributed by atoms with Crippen LogP contribution >= 0.6 is 11.8 Å². The molecule has 1 aromatic carbocycles. The smallest absolute Gasteiger partial charge is 0.250 e. The highest BCUT2D eigenvalue weighted by Gasteiger charge is 2.49. The first kappa shape index (κ1) is 18.5. The third kappa shape index (κ3) is 3.77. The third-order valence-electron chi connectivity index (χ3n) is 4.79. The van der Waals surface area contributed by atoms with Gasteiger partial charge in [-0.05, 0) is 43.5 Å². The van der Waals surface area contributed by atoms with Crippen molar-refractivity contribution in [2.24, 2.45) is 10.9 Å². The topological polar surface area (TPSA) is 66.8 Å². The van der Waals surface area contributed by atoms with Crippen LogP contribution in [0.2, 0.25) is 0 Å². The predicted molar refractivity (Wildman–Crippen MR) is 104 cm³/mol. The molecule has 2 aliphatic rings. The largest absolute Gasteiger partial charge is 0.316 e. The molecule has 0 aromatic heterocycles. The van der Waals surface area contributed by atoms with E-state index in [1.807, 2.05) is 44.7 Å². The molecular formula is C18H24N2O3S2. The highest BCUT2D eigenvalue weighted by Crippen LogP contribution is 2.41. The van der Waals surface area contributed by atoms with E-state index in [0.717, 1.165) is 23.2 Å². The molecule has 7 heteroatoms. The summed E-state index contributed by atoms with van der Waals surface area (Å²) in [5, 5.41) is 0.578. The van der Waals surface area contributed by atoms with Gasteiger partial charge >= 0.3 is 0 Å². The van der Waals surface area contributed by atoms with Crippen molar-refractivity contribution >= 4 is 38.4 Å². The Hall–Kier alpha value is -1.34. The molecule has 0 saturated carbocycles. The Morgan fingerprint density at radius 1 is 1.28 bits per heavy atom. The van der Waals surface area contributed by atoms with Crippen LogP contribution in [0.1, 0.15) is 31.4 Å². The molecule has 0 N–H and O–H groups in total. The number of amidine groups is 1. The van der Waals surface area contributed by atoms with Gasteiger partial charge in [-0.1, -0.05) is 31.7 Å². The Balaban J connectivity index is 2.03. The van der Waals surface area contributed by atoms with Crippen LogP contribution < -0.4 is 4.90 Å². The summed E-state index contributed by atoms with van der Waals surface area (Å²) < 4.78 is 24.2. The summed E-state index contributed by atoms with van der Waals surface area (Å²) >= 11 is 1.43. The molecule has 2 aliphatic heterocycles. The molecule has 0 radical (unpaired) electrons. The van der Waals surface area contributed by atoms with E-state index in [0.29, 0.717) is 5.17 Å². The van der Waals surface area contributed by atoms with Gasteiger partial charge in [-0.25, -0.2) is 8.42 Å². The Kier molecular flexibility index (Phi) is 4.99. The molecule has 2 saturated heterocycles. The highest BCUT2D eigenvalue weighted by molar-refractivity contribution is 8.16. The lowest BCUT2D eigenvalue weighted by molar-refractivity contribution is -0.121. The monoisotopic (exact) mass is 380 g/mol. The van der Waals surface area contributed by atoms with Gasteiger partial charge in [-0.2, -0.15) is 4.99 Å². The SMILES string of the molecule is CC[C@@H](C)C(=O)N=C1S[C@H]2CS(=O)(=O)C[C@@H]2N1c1cc(C)cc(C)c1. The summed E-state index contributed by atoms with van der Waals surface area (Å²) in [6.07, 6.45) is 0.741. The van der Waals surface area contributed by atoms with E-state index in [4.69, 9.17) is 0 Å². The lowest BCUT2D eigenvalue weighted by Gasteiger charge is -2.25. The summed E-state index contributed by atoms with van der Waals surface area (Å²) in [5.74, 6) is 0.00884. The normalized spacial score (nSPS) is 27.5. The van der Waals surface area contributed by atoms with Gasteiger partial charge in [0.2, 0.25) is 0 Å². The number of aryl methyl sites for hydroxylation is 2. The number of amides is 1. The fourth-order valence-corrected chi connectivity index (χ4v) is 7.25. The van der Waals surface area contributed by atoms with E-state index >= 15 is 0 Å². The van der Waals surface area contributed by atoms with Crippen molar-refractivity contribution < 1.29 is 13.2 Å². The van der Waals surface area contributed by atoms with E-state index in [9.17, 15) is 13.2 Å². The molecule has 1 amide bonds. The number of benzene rings is 1. The number of fused-ring (bicyclic) bond motifs is 1. The fraction of sp³-hybridized carbons (Fsp3) is 0.556. The van der Waals surface area contributed by atoms with E-state index in [2.05, 4.69) is 11.1 Å². The van der Waals surface area contributed by atoms with Crippen LogP contribution in [0.3, 0.4) is 0 Å². The zero-order chi connectivity index (χ0) is 18.4. The third-order valence-corrected chi connectivity index (χ3v) is 8.00. The minimum atomic E-state index is -3.04. The quantitative estimate of drug-likeness (QED) is 0.806. The lowest BCUT2D eigenvalue weighted by atomic mass is 10.1. The maximum atomic E-state index is 12.3. The first-order chi connectivity index (χ1) is 11.7. The van der Waals surface area contributed by atoms with Crippen LogP contribution in [0, 0.1) is 19.8 Å². The van der Waals surface area contributed by atoms with Gasteiger partial charge in [-0.3, -0.25) is 4.79 Å². The van der Waals surface area contributed by atoms with E-state index < -0.39 is 9.84 Å². The number of carbonyl (C=O) groups is 1. The summed E-state index contributed by atoms with van der Waals surface area (Å²) in [4.78, 5) is 18.7. The molecule has 3 rings (SSSR count). The van der Waals surface area contributed by atoms with Gasteiger partial charge in [0.05, 0.1) is 17.5 Å².